The molecule has 2 aromatic carbocycles. The van der Waals surface area contributed by atoms with Gasteiger partial charge in [0.2, 0.25) is 0 Å². The molecule has 0 radical (unpaired) electrons. The largest absolute Gasteiger partial charge is 0.353 e. The molecule has 0 saturated carbocycles. The van der Waals surface area contributed by atoms with Crippen LogP contribution in [0.2, 0.25) is 0 Å². The topological polar surface area (TPSA) is 30.8 Å². The van der Waals surface area contributed by atoms with Gasteiger partial charge in [-0.3, -0.25) is 4.99 Å². The number of benzene rings is 2. The van der Waals surface area contributed by atoms with E-state index in [1.54, 1.807) is 0 Å². The van der Waals surface area contributed by atoms with Gasteiger partial charge in [0.25, 0.3) is 0 Å². The van der Waals surface area contributed by atoms with E-state index in [-0.39, 0.29) is 6.29 Å². The molecule has 3 heteroatoms. The second-order valence-electron chi connectivity index (χ2n) is 6.92. The van der Waals surface area contributed by atoms with E-state index in [1.165, 1.54) is 6.42 Å². The Hall–Kier alpha value is -2.23. The molecular weight excluding hydrogens is 334 g/mol. The highest BCUT2D eigenvalue weighted by Gasteiger charge is 2.13. The lowest BCUT2D eigenvalue weighted by atomic mass is 10.0. The molecule has 1 atom stereocenters. The van der Waals surface area contributed by atoms with E-state index in [1.807, 2.05) is 36.4 Å². The molecule has 0 aliphatic carbocycles. The molecule has 1 heterocycles. The highest BCUT2D eigenvalue weighted by molar-refractivity contribution is 6.12. The van der Waals surface area contributed by atoms with Gasteiger partial charge in [0.15, 0.2) is 6.29 Å². The summed E-state index contributed by atoms with van der Waals surface area (Å²) in [5.74, 6) is 0. The normalized spacial score (nSPS) is 16.7. The predicted octanol–water partition coefficient (Wildman–Crippen LogP) is 5.40. The zero-order chi connectivity index (χ0) is 18.7. The lowest BCUT2D eigenvalue weighted by Crippen LogP contribution is -2.22. The Kier molecular flexibility index (Phi) is 7.82. The van der Waals surface area contributed by atoms with Gasteiger partial charge in [0, 0.05) is 17.7 Å². The molecule has 142 valence electrons. The standard InChI is InChI=1S/C24H29NO2/c1-20(11-10-18-27-23-16-8-9-17-26-23)19-25-24(21-12-4-2-5-13-21)22-14-6-3-7-15-22/h2-7,12-15,23H,1,8-11,16-19H2. The molecule has 0 amide bonds. The first-order valence-corrected chi connectivity index (χ1v) is 9.88. The Balaban J connectivity index is 1.52. The maximum absolute atomic E-state index is 5.80. The van der Waals surface area contributed by atoms with E-state index >= 15 is 0 Å². The molecule has 1 unspecified atom stereocenters. The Morgan fingerprint density at radius 1 is 1.00 bits per heavy atom. The molecule has 1 aliphatic heterocycles. The van der Waals surface area contributed by atoms with Crippen LogP contribution in [-0.4, -0.2) is 31.8 Å². The quantitative estimate of drug-likeness (QED) is 0.339. The van der Waals surface area contributed by atoms with Crippen molar-refractivity contribution in [1.29, 1.82) is 0 Å². The summed E-state index contributed by atoms with van der Waals surface area (Å²) in [6, 6.07) is 20.7. The first kappa shape index (κ1) is 19.5. The molecule has 2 aromatic rings. The smallest absolute Gasteiger partial charge is 0.157 e. The van der Waals surface area contributed by atoms with Crippen molar-refractivity contribution >= 4 is 5.71 Å². The van der Waals surface area contributed by atoms with E-state index in [9.17, 15) is 0 Å². The van der Waals surface area contributed by atoms with Crippen LogP contribution in [0.15, 0.2) is 77.8 Å². The Morgan fingerprint density at radius 3 is 2.26 bits per heavy atom. The summed E-state index contributed by atoms with van der Waals surface area (Å²) in [6.07, 6.45) is 5.25. The Morgan fingerprint density at radius 2 is 1.67 bits per heavy atom. The average Bonchev–Trinajstić information content (AvgIpc) is 2.74. The van der Waals surface area contributed by atoms with E-state index < -0.39 is 0 Å². The number of hydrogen-bond donors (Lipinski definition) is 0. The Labute approximate surface area is 162 Å². The first-order chi connectivity index (χ1) is 13.3. The van der Waals surface area contributed by atoms with Crippen molar-refractivity contribution in [1.82, 2.24) is 0 Å². The van der Waals surface area contributed by atoms with E-state index in [4.69, 9.17) is 14.5 Å². The van der Waals surface area contributed by atoms with Gasteiger partial charge < -0.3 is 9.47 Å². The average molecular weight is 364 g/mol. The molecule has 3 nitrogen and oxygen atoms in total. The van der Waals surface area contributed by atoms with Crippen LogP contribution >= 0.6 is 0 Å². The highest BCUT2D eigenvalue weighted by Crippen LogP contribution is 2.15. The summed E-state index contributed by atoms with van der Waals surface area (Å²) in [6.45, 7) is 6.39. The minimum Gasteiger partial charge on any atom is -0.353 e. The Bertz CT molecular complexity index is 677. The molecule has 1 aliphatic rings. The lowest BCUT2D eigenvalue weighted by molar-refractivity contribution is -0.162. The van der Waals surface area contributed by atoms with Gasteiger partial charge in [0.1, 0.15) is 0 Å². The summed E-state index contributed by atoms with van der Waals surface area (Å²) in [7, 11) is 0. The zero-order valence-electron chi connectivity index (χ0n) is 16.0. The predicted molar refractivity (Wildman–Crippen MR) is 111 cm³/mol. The van der Waals surface area contributed by atoms with Crippen LogP contribution in [0.5, 0.6) is 0 Å². The van der Waals surface area contributed by atoms with Gasteiger partial charge >= 0.3 is 0 Å². The second-order valence-corrected chi connectivity index (χ2v) is 6.92. The van der Waals surface area contributed by atoms with Gasteiger partial charge in [-0.05, 0) is 32.1 Å². The van der Waals surface area contributed by atoms with E-state index in [0.717, 1.165) is 61.3 Å². The fourth-order valence-electron chi connectivity index (χ4n) is 3.19. The summed E-state index contributed by atoms with van der Waals surface area (Å²) >= 11 is 0. The van der Waals surface area contributed by atoms with Crippen LogP contribution in [0.3, 0.4) is 0 Å². The van der Waals surface area contributed by atoms with Crippen LogP contribution in [0, 0.1) is 0 Å². The highest BCUT2D eigenvalue weighted by atomic mass is 16.7. The van der Waals surface area contributed by atoms with Crippen molar-refractivity contribution in [3.63, 3.8) is 0 Å². The van der Waals surface area contributed by atoms with Gasteiger partial charge in [-0.1, -0.05) is 72.8 Å². The van der Waals surface area contributed by atoms with Crippen molar-refractivity contribution in [2.45, 2.75) is 38.4 Å². The van der Waals surface area contributed by atoms with Crippen molar-refractivity contribution < 1.29 is 9.47 Å². The molecule has 0 N–H and O–H groups in total. The number of ether oxygens (including phenoxy) is 2. The van der Waals surface area contributed by atoms with Gasteiger partial charge in [-0.15, -0.1) is 0 Å². The van der Waals surface area contributed by atoms with Gasteiger partial charge in [-0.2, -0.15) is 0 Å². The SMILES string of the molecule is C=C(CCCOC1CCCCO1)CN=C(c1ccccc1)c1ccccc1. The third kappa shape index (κ3) is 6.46. The molecule has 0 spiro atoms. The second kappa shape index (κ2) is 10.8. The summed E-state index contributed by atoms with van der Waals surface area (Å²) < 4.78 is 11.4. The molecule has 27 heavy (non-hydrogen) atoms. The van der Waals surface area contributed by atoms with Crippen LogP contribution in [0.4, 0.5) is 0 Å². The van der Waals surface area contributed by atoms with Crippen LogP contribution < -0.4 is 0 Å². The summed E-state index contributed by atoms with van der Waals surface area (Å²) in [5.41, 5.74) is 4.42. The van der Waals surface area contributed by atoms with Crippen LogP contribution in [0.1, 0.15) is 43.2 Å². The number of nitrogens with zero attached hydrogens (tertiary/aromatic N) is 1. The monoisotopic (exact) mass is 363 g/mol. The third-order valence-electron chi connectivity index (χ3n) is 4.67. The van der Waals surface area contributed by atoms with Crippen molar-refractivity contribution in [3.05, 3.63) is 83.9 Å². The molecule has 0 bridgehead atoms. The maximum atomic E-state index is 5.80. The lowest BCUT2D eigenvalue weighted by Gasteiger charge is -2.22. The van der Waals surface area contributed by atoms with Gasteiger partial charge in [0.05, 0.1) is 18.9 Å². The van der Waals surface area contributed by atoms with Crippen molar-refractivity contribution in [3.8, 4) is 0 Å². The minimum absolute atomic E-state index is 0.00667. The number of rotatable bonds is 9. The fourth-order valence-corrected chi connectivity index (χ4v) is 3.19. The number of aliphatic imine (C=N–C) groups is 1. The van der Waals surface area contributed by atoms with Crippen LogP contribution in [-0.2, 0) is 9.47 Å². The van der Waals surface area contributed by atoms with E-state index in [2.05, 4.69) is 30.8 Å². The molecule has 1 saturated heterocycles. The fraction of sp³-hybridized carbons (Fsp3) is 0.375. The minimum atomic E-state index is -0.00667. The van der Waals surface area contributed by atoms with Crippen molar-refractivity contribution in [2.24, 2.45) is 4.99 Å². The summed E-state index contributed by atoms with van der Waals surface area (Å²) in [5, 5.41) is 0. The molecule has 3 rings (SSSR count). The molecule has 1 fully saturated rings. The zero-order valence-corrected chi connectivity index (χ0v) is 16.0. The summed E-state index contributed by atoms with van der Waals surface area (Å²) in [4.78, 5) is 4.88. The van der Waals surface area contributed by atoms with Crippen LogP contribution in [0.25, 0.3) is 0 Å². The maximum Gasteiger partial charge on any atom is 0.157 e. The number of hydrogen-bond acceptors (Lipinski definition) is 3. The third-order valence-corrected chi connectivity index (χ3v) is 4.67. The van der Waals surface area contributed by atoms with Crippen molar-refractivity contribution in [2.75, 3.05) is 19.8 Å². The van der Waals surface area contributed by atoms with Gasteiger partial charge in [-0.25, -0.2) is 0 Å². The molecular formula is C24H29NO2. The van der Waals surface area contributed by atoms with E-state index in [0.29, 0.717) is 6.54 Å². The molecule has 0 aromatic heterocycles. The first-order valence-electron chi connectivity index (χ1n) is 9.88.